The second kappa shape index (κ2) is 16.1. The van der Waals surface area contributed by atoms with Crippen LogP contribution in [0.25, 0.3) is 0 Å². The van der Waals surface area contributed by atoms with Crippen LogP contribution in [-0.4, -0.2) is 47.5 Å². The van der Waals surface area contributed by atoms with Crippen molar-refractivity contribution in [3.05, 3.63) is 58.9 Å². The summed E-state index contributed by atoms with van der Waals surface area (Å²) in [5.74, 6) is 0.385. The van der Waals surface area contributed by atoms with Crippen LogP contribution < -0.4 is 21.1 Å². The van der Waals surface area contributed by atoms with E-state index in [1.165, 1.54) is 7.05 Å². The molecular weight excluding hydrogens is 422 g/mol. The average molecular weight is 460 g/mol. The number of hydrogen-bond acceptors (Lipinski definition) is 6. The predicted molar refractivity (Wildman–Crippen MR) is 131 cm³/mol. The number of likely N-dealkylation sites (N-methyl/N-ethyl adjacent to an activating group) is 1. The molecule has 0 bridgehead atoms. The van der Waals surface area contributed by atoms with Gasteiger partial charge in [-0.15, -0.1) is 0 Å². The summed E-state index contributed by atoms with van der Waals surface area (Å²) in [6, 6.07) is 8.85. The molecule has 0 radical (unpaired) electrons. The Balaban J connectivity index is 0.000000663. The SMILES string of the molecule is CC.CCc1cc(C(=O)NCC(=O)NC)ccc1OC(C)C.Cc1ccc(/C(N)=N/O)cn1. The van der Waals surface area contributed by atoms with E-state index in [1.807, 2.05) is 41.5 Å². The summed E-state index contributed by atoms with van der Waals surface area (Å²) in [6.07, 6.45) is 2.43. The molecule has 0 fully saturated rings. The van der Waals surface area contributed by atoms with Gasteiger partial charge in [0, 0.05) is 30.1 Å². The molecule has 0 unspecified atom stereocenters. The molecule has 5 N–H and O–H groups in total. The second-order valence-corrected chi connectivity index (χ2v) is 6.87. The number of amidine groups is 1. The summed E-state index contributed by atoms with van der Waals surface area (Å²) in [4.78, 5) is 27.0. The number of amides is 2. The highest BCUT2D eigenvalue weighted by molar-refractivity contribution is 5.97. The third-order valence-electron chi connectivity index (χ3n) is 4.07. The molecule has 2 aromatic rings. The summed E-state index contributed by atoms with van der Waals surface area (Å²) in [5, 5.41) is 16.2. The van der Waals surface area contributed by atoms with Gasteiger partial charge < -0.3 is 26.3 Å². The summed E-state index contributed by atoms with van der Waals surface area (Å²) in [6.45, 7) is 11.8. The molecule has 0 saturated carbocycles. The third kappa shape index (κ3) is 11.0. The molecule has 182 valence electrons. The summed E-state index contributed by atoms with van der Waals surface area (Å²) < 4.78 is 5.69. The van der Waals surface area contributed by atoms with Crippen LogP contribution in [0.15, 0.2) is 41.7 Å². The minimum absolute atomic E-state index is 0.0267. The third-order valence-corrected chi connectivity index (χ3v) is 4.07. The molecule has 2 rings (SSSR count). The highest BCUT2D eigenvalue weighted by atomic mass is 16.5. The number of pyridine rings is 1. The number of ether oxygens (including phenoxy) is 1. The van der Waals surface area contributed by atoms with Crippen LogP contribution in [0.1, 0.15) is 61.8 Å². The normalized spacial score (nSPS) is 10.2. The lowest BCUT2D eigenvalue weighted by Gasteiger charge is -2.14. The van der Waals surface area contributed by atoms with E-state index in [0.717, 1.165) is 23.4 Å². The maximum atomic E-state index is 11.9. The molecule has 0 saturated heterocycles. The Labute approximate surface area is 196 Å². The molecule has 1 heterocycles. The van der Waals surface area contributed by atoms with Gasteiger partial charge in [0.1, 0.15) is 5.75 Å². The van der Waals surface area contributed by atoms with E-state index in [4.69, 9.17) is 15.7 Å². The first-order chi connectivity index (χ1) is 15.7. The Morgan fingerprint density at radius 1 is 1.18 bits per heavy atom. The Morgan fingerprint density at radius 2 is 1.82 bits per heavy atom. The van der Waals surface area contributed by atoms with Gasteiger partial charge in [0.25, 0.3) is 5.91 Å². The number of nitrogens with two attached hydrogens (primary N) is 1. The van der Waals surface area contributed by atoms with E-state index in [2.05, 4.69) is 20.8 Å². The fraction of sp³-hybridized carbons (Fsp3) is 0.417. The first-order valence-electron chi connectivity index (χ1n) is 10.9. The molecular formula is C24H37N5O4. The molecule has 9 nitrogen and oxygen atoms in total. The standard InChI is InChI=1S/C15H22N2O3.C7H9N3O.C2H6/c1-5-11-8-12(6-7-13(11)20-10(2)3)15(19)17-9-14(18)16-4;1-5-2-3-6(4-9-5)7(8)10-11;1-2/h6-8,10H,5,9H2,1-4H3,(H,16,18)(H,17,19);2-4,11H,1H3,(H2,8,10);1-2H3. The van der Waals surface area contributed by atoms with Gasteiger partial charge in [-0.25, -0.2) is 0 Å². The van der Waals surface area contributed by atoms with Crippen molar-refractivity contribution in [2.45, 2.75) is 54.1 Å². The molecule has 0 spiro atoms. The molecule has 0 aliphatic carbocycles. The van der Waals surface area contributed by atoms with Crippen LogP contribution >= 0.6 is 0 Å². The number of rotatable bonds is 7. The molecule has 1 aromatic heterocycles. The minimum Gasteiger partial charge on any atom is -0.491 e. The van der Waals surface area contributed by atoms with E-state index < -0.39 is 0 Å². The summed E-state index contributed by atoms with van der Waals surface area (Å²) in [5.41, 5.74) is 8.34. The van der Waals surface area contributed by atoms with Gasteiger partial charge >= 0.3 is 0 Å². The number of carbonyl (C=O) groups excluding carboxylic acids is 2. The maximum absolute atomic E-state index is 11.9. The second-order valence-electron chi connectivity index (χ2n) is 6.87. The van der Waals surface area contributed by atoms with Crippen LogP contribution in [0, 0.1) is 6.92 Å². The molecule has 1 aromatic carbocycles. The van der Waals surface area contributed by atoms with Gasteiger partial charge in [-0.1, -0.05) is 25.9 Å². The molecule has 0 atom stereocenters. The number of hydrogen-bond donors (Lipinski definition) is 4. The molecule has 2 amide bonds. The van der Waals surface area contributed by atoms with Crippen molar-refractivity contribution in [1.82, 2.24) is 15.6 Å². The Morgan fingerprint density at radius 3 is 2.30 bits per heavy atom. The maximum Gasteiger partial charge on any atom is 0.251 e. The van der Waals surface area contributed by atoms with Crippen LogP contribution in [0.4, 0.5) is 0 Å². The van der Waals surface area contributed by atoms with E-state index >= 15 is 0 Å². The molecule has 9 heteroatoms. The largest absolute Gasteiger partial charge is 0.491 e. The summed E-state index contributed by atoms with van der Waals surface area (Å²) >= 11 is 0. The topological polar surface area (TPSA) is 139 Å². The van der Waals surface area contributed by atoms with E-state index in [0.29, 0.717) is 11.1 Å². The number of nitrogens with zero attached hydrogens (tertiary/aromatic N) is 2. The predicted octanol–water partition coefficient (Wildman–Crippen LogP) is 3.02. The lowest BCUT2D eigenvalue weighted by molar-refractivity contribution is -0.119. The number of benzene rings is 1. The molecule has 0 aliphatic rings. The molecule has 0 aliphatic heterocycles. The Hall–Kier alpha value is -3.62. The number of aryl methyl sites for hydroxylation is 2. The zero-order chi connectivity index (χ0) is 25.4. The minimum atomic E-state index is -0.264. The quantitative estimate of drug-likeness (QED) is 0.217. The highest BCUT2D eigenvalue weighted by Gasteiger charge is 2.11. The van der Waals surface area contributed by atoms with E-state index in [1.54, 1.807) is 36.5 Å². The van der Waals surface area contributed by atoms with Crippen molar-refractivity contribution in [2.24, 2.45) is 10.9 Å². The first-order valence-corrected chi connectivity index (χ1v) is 10.9. The van der Waals surface area contributed by atoms with Gasteiger partial charge in [-0.2, -0.15) is 0 Å². The lowest BCUT2D eigenvalue weighted by atomic mass is 10.1. The average Bonchev–Trinajstić information content (AvgIpc) is 2.83. The number of oxime groups is 1. The monoisotopic (exact) mass is 459 g/mol. The Kier molecular flexibility index (Phi) is 14.3. The number of aromatic nitrogens is 1. The molecule has 33 heavy (non-hydrogen) atoms. The van der Waals surface area contributed by atoms with Crippen LogP contribution in [-0.2, 0) is 11.2 Å². The smallest absolute Gasteiger partial charge is 0.251 e. The Bertz CT molecular complexity index is 896. The zero-order valence-corrected chi connectivity index (χ0v) is 20.6. The van der Waals surface area contributed by atoms with Gasteiger partial charge in [-0.3, -0.25) is 14.6 Å². The van der Waals surface area contributed by atoms with E-state index in [-0.39, 0.29) is 30.3 Å². The van der Waals surface area contributed by atoms with Gasteiger partial charge in [0.15, 0.2) is 5.84 Å². The van der Waals surface area contributed by atoms with Crippen molar-refractivity contribution in [1.29, 1.82) is 0 Å². The van der Waals surface area contributed by atoms with Crippen LogP contribution in [0.2, 0.25) is 0 Å². The van der Waals surface area contributed by atoms with Crippen molar-refractivity contribution < 1.29 is 19.5 Å². The first kappa shape index (κ1) is 29.4. The van der Waals surface area contributed by atoms with Gasteiger partial charge in [0.2, 0.25) is 5.91 Å². The van der Waals surface area contributed by atoms with Crippen molar-refractivity contribution in [3.63, 3.8) is 0 Å². The van der Waals surface area contributed by atoms with E-state index in [9.17, 15) is 9.59 Å². The van der Waals surface area contributed by atoms with Crippen molar-refractivity contribution in [3.8, 4) is 5.75 Å². The number of nitrogens with one attached hydrogen (secondary N) is 2. The number of carbonyl (C=O) groups is 2. The van der Waals surface area contributed by atoms with Crippen LogP contribution in [0.3, 0.4) is 0 Å². The highest BCUT2D eigenvalue weighted by Crippen LogP contribution is 2.22. The summed E-state index contributed by atoms with van der Waals surface area (Å²) in [7, 11) is 1.53. The van der Waals surface area contributed by atoms with Gasteiger partial charge in [-0.05, 0) is 63.1 Å². The zero-order valence-electron chi connectivity index (χ0n) is 20.6. The van der Waals surface area contributed by atoms with Crippen LogP contribution in [0.5, 0.6) is 5.75 Å². The lowest BCUT2D eigenvalue weighted by Crippen LogP contribution is -2.35. The van der Waals surface area contributed by atoms with Crippen molar-refractivity contribution in [2.75, 3.05) is 13.6 Å². The fourth-order valence-corrected chi connectivity index (χ4v) is 2.39. The van der Waals surface area contributed by atoms with Crippen molar-refractivity contribution >= 4 is 17.6 Å². The van der Waals surface area contributed by atoms with Gasteiger partial charge in [0.05, 0.1) is 12.6 Å². The fourth-order valence-electron chi connectivity index (χ4n) is 2.39.